The van der Waals surface area contributed by atoms with E-state index in [2.05, 4.69) is 4.98 Å². The zero-order chi connectivity index (χ0) is 10.3. The number of nitrogens with two attached hydrogens (primary N) is 1. The summed E-state index contributed by atoms with van der Waals surface area (Å²) in [6.07, 6.45) is 3.18. The van der Waals surface area contributed by atoms with E-state index in [0.717, 1.165) is 16.5 Å². The predicted molar refractivity (Wildman–Crippen MR) is 56.1 cm³/mol. The van der Waals surface area contributed by atoms with Gasteiger partial charge in [0.1, 0.15) is 23.8 Å². The summed E-state index contributed by atoms with van der Waals surface area (Å²) in [6.45, 7) is 0. The number of hydrogen-bond acceptors (Lipinski definition) is 4. The zero-order valence-corrected chi connectivity index (χ0v) is 7.81. The SMILES string of the molecule is Nc1nc(-c2coc3ccccc23)co1. The molecule has 2 aromatic heterocycles. The summed E-state index contributed by atoms with van der Waals surface area (Å²) in [5.41, 5.74) is 7.83. The van der Waals surface area contributed by atoms with E-state index in [-0.39, 0.29) is 6.01 Å². The summed E-state index contributed by atoms with van der Waals surface area (Å²) in [6, 6.07) is 7.91. The van der Waals surface area contributed by atoms with Crippen molar-refractivity contribution in [1.82, 2.24) is 4.98 Å². The van der Waals surface area contributed by atoms with Crippen molar-refractivity contribution in [2.75, 3.05) is 5.73 Å². The quantitative estimate of drug-likeness (QED) is 0.655. The van der Waals surface area contributed by atoms with Gasteiger partial charge in [-0.1, -0.05) is 18.2 Å². The number of fused-ring (bicyclic) bond motifs is 1. The van der Waals surface area contributed by atoms with Gasteiger partial charge in [0, 0.05) is 10.9 Å². The second kappa shape index (κ2) is 2.88. The molecule has 3 aromatic rings. The molecule has 0 aliphatic heterocycles. The third kappa shape index (κ3) is 1.19. The molecule has 0 fully saturated rings. The van der Waals surface area contributed by atoms with E-state index >= 15 is 0 Å². The lowest BCUT2D eigenvalue weighted by molar-refractivity contribution is 0.580. The molecular weight excluding hydrogens is 192 g/mol. The first-order chi connectivity index (χ1) is 7.34. The van der Waals surface area contributed by atoms with Crippen LogP contribution in [-0.4, -0.2) is 4.98 Å². The molecule has 0 radical (unpaired) electrons. The van der Waals surface area contributed by atoms with E-state index in [1.807, 2.05) is 24.3 Å². The number of benzene rings is 1. The first-order valence-electron chi connectivity index (χ1n) is 4.52. The van der Waals surface area contributed by atoms with E-state index in [0.29, 0.717) is 5.69 Å². The molecule has 0 spiro atoms. The molecule has 0 atom stereocenters. The normalized spacial score (nSPS) is 10.9. The summed E-state index contributed by atoms with van der Waals surface area (Å²) in [7, 11) is 0. The fourth-order valence-electron chi connectivity index (χ4n) is 1.59. The Balaban J connectivity index is 2.27. The standard InChI is InChI=1S/C11H8N2O2/c12-11-13-9(6-15-11)8-5-14-10-4-2-1-3-7(8)10/h1-6H,(H2,12,13). The molecule has 15 heavy (non-hydrogen) atoms. The maximum absolute atomic E-state index is 5.42. The number of nitrogens with zero attached hydrogens (tertiary/aromatic N) is 1. The van der Waals surface area contributed by atoms with Crippen LogP contribution in [0.4, 0.5) is 6.01 Å². The van der Waals surface area contributed by atoms with Crippen LogP contribution in [0.3, 0.4) is 0 Å². The molecule has 4 nitrogen and oxygen atoms in total. The van der Waals surface area contributed by atoms with Crippen molar-refractivity contribution >= 4 is 17.0 Å². The third-order valence-corrected chi connectivity index (χ3v) is 2.28. The van der Waals surface area contributed by atoms with Crippen molar-refractivity contribution in [2.45, 2.75) is 0 Å². The number of hydrogen-bond donors (Lipinski definition) is 1. The van der Waals surface area contributed by atoms with Gasteiger partial charge in [-0.25, -0.2) is 0 Å². The van der Waals surface area contributed by atoms with E-state index in [1.165, 1.54) is 6.26 Å². The van der Waals surface area contributed by atoms with Gasteiger partial charge in [0.25, 0.3) is 6.01 Å². The molecule has 0 amide bonds. The molecule has 1 aromatic carbocycles. The largest absolute Gasteiger partial charge is 0.464 e. The first-order valence-corrected chi connectivity index (χ1v) is 4.52. The van der Waals surface area contributed by atoms with Crippen LogP contribution in [0.5, 0.6) is 0 Å². The highest BCUT2D eigenvalue weighted by Gasteiger charge is 2.10. The Labute approximate surface area is 85.3 Å². The van der Waals surface area contributed by atoms with Crippen molar-refractivity contribution in [3.05, 3.63) is 36.8 Å². The highest BCUT2D eigenvalue weighted by molar-refractivity contribution is 5.92. The van der Waals surface area contributed by atoms with Crippen molar-refractivity contribution in [2.24, 2.45) is 0 Å². The number of nitrogen functional groups attached to an aromatic ring is 1. The van der Waals surface area contributed by atoms with Gasteiger partial charge in [0.15, 0.2) is 0 Å². The van der Waals surface area contributed by atoms with Crippen molar-refractivity contribution < 1.29 is 8.83 Å². The highest BCUT2D eigenvalue weighted by Crippen LogP contribution is 2.29. The van der Waals surface area contributed by atoms with Crippen molar-refractivity contribution in [3.8, 4) is 11.3 Å². The Kier molecular flexibility index (Phi) is 1.56. The third-order valence-electron chi connectivity index (χ3n) is 2.28. The minimum absolute atomic E-state index is 0.162. The Bertz CT molecular complexity index is 610. The van der Waals surface area contributed by atoms with Gasteiger partial charge in [0.2, 0.25) is 0 Å². The molecule has 74 valence electrons. The van der Waals surface area contributed by atoms with Crippen LogP contribution in [-0.2, 0) is 0 Å². The number of para-hydroxylation sites is 1. The predicted octanol–water partition coefficient (Wildman–Crippen LogP) is 2.67. The molecular formula is C11H8N2O2. The van der Waals surface area contributed by atoms with E-state index < -0.39 is 0 Å². The Morgan fingerprint density at radius 1 is 1.07 bits per heavy atom. The van der Waals surface area contributed by atoms with Gasteiger partial charge in [0.05, 0.1) is 0 Å². The molecule has 0 aliphatic carbocycles. The summed E-state index contributed by atoms with van der Waals surface area (Å²) >= 11 is 0. The summed E-state index contributed by atoms with van der Waals surface area (Å²) in [5, 5.41) is 1.01. The van der Waals surface area contributed by atoms with Crippen LogP contribution < -0.4 is 5.73 Å². The van der Waals surface area contributed by atoms with E-state index in [4.69, 9.17) is 14.6 Å². The molecule has 2 N–H and O–H groups in total. The first kappa shape index (κ1) is 8.11. The molecule has 3 rings (SSSR count). The molecule has 0 aliphatic rings. The van der Waals surface area contributed by atoms with Gasteiger partial charge in [-0.2, -0.15) is 4.98 Å². The molecule has 0 saturated heterocycles. The minimum atomic E-state index is 0.162. The van der Waals surface area contributed by atoms with Crippen LogP contribution in [0.15, 0.2) is 45.6 Å². The maximum Gasteiger partial charge on any atom is 0.292 e. The number of oxazole rings is 1. The molecule has 2 heterocycles. The summed E-state index contributed by atoms with van der Waals surface area (Å²) in [5.74, 6) is 0. The van der Waals surface area contributed by atoms with Crippen LogP contribution in [0.25, 0.3) is 22.2 Å². The zero-order valence-electron chi connectivity index (χ0n) is 7.81. The number of aromatic nitrogens is 1. The van der Waals surface area contributed by atoms with Gasteiger partial charge in [-0.3, -0.25) is 0 Å². The van der Waals surface area contributed by atoms with Gasteiger partial charge >= 0.3 is 0 Å². The molecule has 4 heteroatoms. The number of anilines is 1. The monoisotopic (exact) mass is 200 g/mol. The average Bonchev–Trinajstić information content (AvgIpc) is 2.83. The second-order valence-corrected chi connectivity index (χ2v) is 3.22. The van der Waals surface area contributed by atoms with Crippen LogP contribution in [0.2, 0.25) is 0 Å². The van der Waals surface area contributed by atoms with Gasteiger partial charge < -0.3 is 14.6 Å². The second-order valence-electron chi connectivity index (χ2n) is 3.22. The minimum Gasteiger partial charge on any atom is -0.464 e. The molecule has 0 saturated carbocycles. The summed E-state index contributed by atoms with van der Waals surface area (Å²) < 4.78 is 10.4. The molecule has 0 unspecified atom stereocenters. The van der Waals surface area contributed by atoms with Gasteiger partial charge in [-0.15, -0.1) is 0 Å². The van der Waals surface area contributed by atoms with Crippen molar-refractivity contribution in [3.63, 3.8) is 0 Å². The van der Waals surface area contributed by atoms with Crippen molar-refractivity contribution in [1.29, 1.82) is 0 Å². The fourth-order valence-corrected chi connectivity index (χ4v) is 1.59. The Morgan fingerprint density at radius 3 is 2.73 bits per heavy atom. The lowest BCUT2D eigenvalue weighted by Crippen LogP contribution is -1.82. The Morgan fingerprint density at radius 2 is 1.93 bits per heavy atom. The van der Waals surface area contributed by atoms with Crippen LogP contribution >= 0.6 is 0 Å². The average molecular weight is 200 g/mol. The van der Waals surface area contributed by atoms with E-state index in [9.17, 15) is 0 Å². The van der Waals surface area contributed by atoms with Gasteiger partial charge in [-0.05, 0) is 6.07 Å². The van der Waals surface area contributed by atoms with E-state index in [1.54, 1.807) is 6.26 Å². The van der Waals surface area contributed by atoms with Crippen LogP contribution in [0, 0.1) is 0 Å². The topological polar surface area (TPSA) is 65.2 Å². The highest BCUT2D eigenvalue weighted by atomic mass is 16.4. The lowest BCUT2D eigenvalue weighted by atomic mass is 10.1. The number of rotatable bonds is 1. The number of furan rings is 1. The lowest BCUT2D eigenvalue weighted by Gasteiger charge is -1.89. The fraction of sp³-hybridized carbons (Fsp3) is 0. The molecule has 0 bridgehead atoms. The smallest absolute Gasteiger partial charge is 0.292 e. The summed E-state index contributed by atoms with van der Waals surface area (Å²) in [4.78, 5) is 4.05. The Hall–Kier alpha value is -2.23. The maximum atomic E-state index is 5.42. The van der Waals surface area contributed by atoms with Crippen LogP contribution in [0.1, 0.15) is 0 Å².